The van der Waals surface area contributed by atoms with E-state index in [1.807, 2.05) is 31.2 Å². The average molecular weight is 487 g/mol. The number of aliphatic imine (C=N–C) groups is 1. The second-order valence-electron chi connectivity index (χ2n) is 8.09. The maximum absolute atomic E-state index is 12.4. The first kappa shape index (κ1) is 27.4. The van der Waals surface area contributed by atoms with E-state index in [0.29, 0.717) is 24.3 Å². The number of amides is 2. The van der Waals surface area contributed by atoms with Crippen LogP contribution in [-0.4, -0.2) is 41.8 Å². The zero-order valence-electron chi connectivity index (χ0n) is 20.2. The minimum atomic E-state index is -0.684. The number of thioether (sulfide) groups is 1. The van der Waals surface area contributed by atoms with E-state index in [4.69, 9.17) is 9.47 Å². The lowest BCUT2D eigenvalue weighted by Crippen LogP contribution is -2.27. The first-order valence-corrected chi connectivity index (χ1v) is 12.5. The highest BCUT2D eigenvalue weighted by Gasteiger charge is 2.31. The van der Waals surface area contributed by atoms with Crippen LogP contribution in [0.15, 0.2) is 52.7 Å². The van der Waals surface area contributed by atoms with Crippen molar-refractivity contribution in [2.24, 2.45) is 4.99 Å². The number of carbonyl (C=O) groups excluding carboxylic acids is 3. The van der Waals surface area contributed by atoms with E-state index >= 15 is 0 Å². The Bertz CT molecular complexity index is 924. The monoisotopic (exact) mass is 486 g/mol. The molecule has 0 bridgehead atoms. The molecule has 34 heavy (non-hydrogen) atoms. The Morgan fingerprint density at radius 1 is 1.21 bits per heavy atom. The van der Waals surface area contributed by atoms with Gasteiger partial charge in [-0.1, -0.05) is 62.2 Å². The third kappa shape index (κ3) is 9.17. The van der Waals surface area contributed by atoms with Crippen molar-refractivity contribution in [3.63, 3.8) is 0 Å². The van der Waals surface area contributed by atoms with Crippen LogP contribution < -0.4 is 10.1 Å². The number of carbonyl (C=O) groups is 3. The van der Waals surface area contributed by atoms with Gasteiger partial charge < -0.3 is 9.47 Å². The van der Waals surface area contributed by atoms with Gasteiger partial charge in [-0.2, -0.15) is 0 Å². The second-order valence-corrected chi connectivity index (χ2v) is 9.27. The Hall–Kier alpha value is -2.87. The number of nitrogens with zero attached hydrogens (tertiary/aromatic N) is 1. The van der Waals surface area contributed by atoms with Gasteiger partial charge in [-0.15, -0.1) is 0 Å². The second kappa shape index (κ2) is 14.4. The molecular weight excluding hydrogens is 452 g/mol. The molecule has 8 heteroatoms. The van der Waals surface area contributed by atoms with Gasteiger partial charge in [0.1, 0.15) is 12.4 Å². The van der Waals surface area contributed by atoms with Crippen LogP contribution in [0.3, 0.4) is 0 Å². The molecule has 1 aliphatic rings. The molecule has 0 saturated carbocycles. The third-order valence-electron chi connectivity index (χ3n) is 5.38. The summed E-state index contributed by atoms with van der Waals surface area (Å²) in [6.45, 7) is 9.90. The van der Waals surface area contributed by atoms with E-state index in [-0.39, 0.29) is 23.7 Å². The summed E-state index contributed by atoms with van der Waals surface area (Å²) in [7, 11) is 0. The molecule has 2 rings (SSSR count). The number of esters is 1. The highest BCUT2D eigenvalue weighted by Crippen LogP contribution is 2.24. The zero-order valence-corrected chi connectivity index (χ0v) is 21.0. The maximum Gasteiger partial charge on any atom is 0.306 e. The van der Waals surface area contributed by atoms with E-state index < -0.39 is 11.4 Å². The summed E-state index contributed by atoms with van der Waals surface area (Å²) in [5, 5.41) is 1.57. The predicted molar refractivity (Wildman–Crippen MR) is 136 cm³/mol. The predicted octanol–water partition coefficient (Wildman–Crippen LogP) is 5.39. The van der Waals surface area contributed by atoms with Gasteiger partial charge in [0.15, 0.2) is 6.10 Å². The minimum absolute atomic E-state index is 0.0954. The van der Waals surface area contributed by atoms with Crippen molar-refractivity contribution >= 4 is 35.6 Å². The summed E-state index contributed by atoms with van der Waals surface area (Å²) >= 11 is 1.01. The van der Waals surface area contributed by atoms with Crippen LogP contribution in [0.5, 0.6) is 5.75 Å². The molecule has 2 amide bonds. The third-order valence-corrected chi connectivity index (χ3v) is 6.36. The molecule has 2 atom stereocenters. The zero-order chi connectivity index (χ0) is 24.9. The lowest BCUT2D eigenvalue weighted by molar-refractivity contribution is -0.148. The van der Waals surface area contributed by atoms with Gasteiger partial charge in [0.2, 0.25) is 5.91 Å². The molecule has 1 aromatic rings. The number of ether oxygens (including phenoxy) is 2. The van der Waals surface area contributed by atoms with Crippen molar-refractivity contribution in [1.29, 1.82) is 0 Å². The Labute approximate surface area is 206 Å². The SMILES string of the molecule is C=N/C(=C\C=C(/C)CC)[C@H](COc1ccc(CC2SC(=O)NC2=O)cc1)OC(=O)CCCCC. The Morgan fingerprint density at radius 3 is 2.53 bits per heavy atom. The van der Waals surface area contributed by atoms with E-state index in [1.54, 1.807) is 12.1 Å². The van der Waals surface area contributed by atoms with Crippen molar-refractivity contribution < 1.29 is 23.9 Å². The van der Waals surface area contributed by atoms with Crippen LogP contribution >= 0.6 is 11.8 Å². The maximum atomic E-state index is 12.4. The topological polar surface area (TPSA) is 94.1 Å². The number of nitrogens with one attached hydrogen (secondary N) is 1. The van der Waals surface area contributed by atoms with Gasteiger partial charge in [-0.05, 0) is 56.7 Å². The highest BCUT2D eigenvalue weighted by atomic mass is 32.2. The number of unbranched alkanes of at least 4 members (excludes halogenated alkanes) is 2. The fourth-order valence-corrected chi connectivity index (χ4v) is 4.02. The van der Waals surface area contributed by atoms with Gasteiger partial charge in [0, 0.05) is 6.42 Å². The van der Waals surface area contributed by atoms with Crippen LogP contribution in [0.1, 0.15) is 58.4 Å². The van der Waals surface area contributed by atoms with E-state index in [1.165, 1.54) is 5.57 Å². The van der Waals surface area contributed by atoms with Crippen molar-refractivity contribution in [2.45, 2.75) is 70.7 Å². The number of imide groups is 1. The van der Waals surface area contributed by atoms with Crippen LogP contribution in [0.25, 0.3) is 0 Å². The summed E-state index contributed by atoms with van der Waals surface area (Å²) in [4.78, 5) is 39.6. The van der Waals surface area contributed by atoms with Crippen molar-refractivity contribution in [1.82, 2.24) is 5.32 Å². The first-order chi connectivity index (χ1) is 16.4. The van der Waals surface area contributed by atoms with Crippen molar-refractivity contribution in [2.75, 3.05) is 6.61 Å². The number of benzene rings is 1. The molecule has 1 fully saturated rings. The van der Waals surface area contributed by atoms with Crippen LogP contribution in [-0.2, 0) is 20.7 Å². The molecule has 184 valence electrons. The van der Waals surface area contributed by atoms with Crippen molar-refractivity contribution in [3.8, 4) is 5.75 Å². The van der Waals surface area contributed by atoms with Gasteiger partial charge in [0.05, 0.1) is 10.9 Å². The van der Waals surface area contributed by atoms with Gasteiger partial charge >= 0.3 is 5.97 Å². The van der Waals surface area contributed by atoms with Crippen molar-refractivity contribution in [3.05, 3.63) is 53.3 Å². The molecule has 0 aliphatic carbocycles. The molecule has 0 spiro atoms. The first-order valence-electron chi connectivity index (χ1n) is 11.6. The standard InChI is InChI=1S/C26H34N2O5S/c1-5-7-8-9-24(29)33-22(21(27-4)15-10-18(3)6-2)17-32-20-13-11-19(12-14-20)16-23-25(30)28-26(31)34-23/h10-15,22-23H,4-9,16-17H2,1-3H3,(H,28,30,31)/b18-10+,21-15-/t22-,23?/m0/s1. The minimum Gasteiger partial charge on any atom is -0.489 e. The fourth-order valence-electron chi connectivity index (χ4n) is 3.16. The van der Waals surface area contributed by atoms with Gasteiger partial charge in [0.25, 0.3) is 5.24 Å². The summed E-state index contributed by atoms with van der Waals surface area (Å²) in [6, 6.07) is 7.29. The summed E-state index contributed by atoms with van der Waals surface area (Å²) in [5.41, 5.74) is 2.62. The van der Waals surface area contributed by atoms with Gasteiger partial charge in [-0.25, -0.2) is 0 Å². The number of hydrogen-bond donors (Lipinski definition) is 1. The Kier molecular flexibility index (Phi) is 11.6. The molecule has 1 N–H and O–H groups in total. The normalized spacial score (nSPS) is 17.3. The summed E-state index contributed by atoms with van der Waals surface area (Å²) in [5.74, 6) is 0.0478. The molecule has 0 aromatic heterocycles. The van der Waals surface area contributed by atoms with Crippen LogP contribution in [0.2, 0.25) is 0 Å². The molecule has 1 aromatic carbocycles. The van der Waals surface area contributed by atoms with Crippen LogP contribution in [0, 0.1) is 0 Å². The van der Waals surface area contributed by atoms with E-state index in [2.05, 4.69) is 30.9 Å². The lowest BCUT2D eigenvalue weighted by Gasteiger charge is -2.19. The molecule has 1 unspecified atom stereocenters. The Balaban J connectivity index is 2.04. The van der Waals surface area contributed by atoms with E-state index in [9.17, 15) is 14.4 Å². The number of rotatable bonds is 14. The van der Waals surface area contributed by atoms with Gasteiger partial charge in [-0.3, -0.25) is 24.7 Å². The number of allylic oxidation sites excluding steroid dienone is 3. The number of hydrogen-bond acceptors (Lipinski definition) is 7. The molecule has 1 aliphatic heterocycles. The van der Waals surface area contributed by atoms with E-state index in [0.717, 1.165) is 43.0 Å². The molecule has 7 nitrogen and oxygen atoms in total. The molecule has 1 heterocycles. The van der Waals surface area contributed by atoms with Crippen LogP contribution in [0.4, 0.5) is 4.79 Å². The molecule has 0 radical (unpaired) electrons. The summed E-state index contributed by atoms with van der Waals surface area (Å²) in [6.07, 6.45) is 7.56. The molecular formula is C26H34N2O5S. The largest absolute Gasteiger partial charge is 0.489 e. The Morgan fingerprint density at radius 2 is 1.94 bits per heavy atom. The molecule has 1 saturated heterocycles. The average Bonchev–Trinajstić information content (AvgIpc) is 3.14. The summed E-state index contributed by atoms with van der Waals surface area (Å²) < 4.78 is 11.6. The fraction of sp³-hybridized carbons (Fsp3) is 0.462. The quantitative estimate of drug-likeness (QED) is 0.164. The highest BCUT2D eigenvalue weighted by molar-refractivity contribution is 8.15. The lowest BCUT2D eigenvalue weighted by atomic mass is 10.1. The smallest absolute Gasteiger partial charge is 0.306 e.